The summed E-state index contributed by atoms with van der Waals surface area (Å²) in [5.74, 6) is 0.376. The molecular weight excluding hydrogens is 214 g/mol. The lowest BCUT2D eigenvalue weighted by Crippen LogP contribution is -2.47. The molecule has 1 saturated heterocycles. The van der Waals surface area contributed by atoms with Crippen molar-refractivity contribution in [2.45, 2.75) is 37.7 Å². The van der Waals surface area contributed by atoms with Crippen LogP contribution < -0.4 is 0 Å². The van der Waals surface area contributed by atoms with Crippen molar-refractivity contribution in [3.63, 3.8) is 0 Å². The zero-order valence-electron chi connectivity index (χ0n) is 9.89. The normalized spacial score (nSPS) is 26.5. The molecule has 1 aliphatic carbocycles. The van der Waals surface area contributed by atoms with Gasteiger partial charge in [0.1, 0.15) is 0 Å². The van der Waals surface area contributed by atoms with E-state index in [9.17, 15) is 4.79 Å². The highest BCUT2D eigenvalue weighted by molar-refractivity contribution is 5.97. The molecule has 1 unspecified atom stereocenters. The lowest BCUT2D eigenvalue weighted by molar-refractivity contribution is -0.137. The van der Waals surface area contributed by atoms with Gasteiger partial charge in [0, 0.05) is 30.5 Å². The quantitative estimate of drug-likeness (QED) is 0.734. The maximum absolute atomic E-state index is 12.3. The number of carbonyl (C=O) groups excluding carboxylic acids is 1. The fourth-order valence-corrected chi connectivity index (χ4v) is 2.92. The van der Waals surface area contributed by atoms with Crippen molar-refractivity contribution in [3.05, 3.63) is 30.1 Å². The van der Waals surface area contributed by atoms with Gasteiger partial charge in [-0.25, -0.2) is 0 Å². The Morgan fingerprint density at radius 3 is 3.00 bits per heavy atom. The van der Waals surface area contributed by atoms with Crippen molar-refractivity contribution in [2.75, 3.05) is 6.61 Å². The number of rotatable bonds is 2. The monoisotopic (exact) mass is 231 g/mol. The number of hydrogen-bond donors (Lipinski definition) is 0. The highest BCUT2D eigenvalue weighted by Crippen LogP contribution is 2.44. The predicted octanol–water partition coefficient (Wildman–Crippen LogP) is 2.61. The number of ketones is 1. The van der Waals surface area contributed by atoms with Crippen molar-refractivity contribution in [1.29, 1.82) is 0 Å². The lowest BCUT2D eigenvalue weighted by atomic mass is 9.70. The summed E-state index contributed by atoms with van der Waals surface area (Å²) in [5.41, 5.74) is 0.787. The Bertz CT molecular complexity index is 411. The molecule has 0 bridgehead atoms. The molecule has 1 aromatic heterocycles. The molecule has 2 aliphatic rings. The van der Waals surface area contributed by atoms with E-state index in [1.807, 2.05) is 12.1 Å². The maximum Gasteiger partial charge on any atom is 0.167 e. The van der Waals surface area contributed by atoms with E-state index in [2.05, 4.69) is 4.98 Å². The van der Waals surface area contributed by atoms with Gasteiger partial charge in [-0.1, -0.05) is 0 Å². The molecule has 1 spiro atoms. The topological polar surface area (TPSA) is 39.2 Å². The van der Waals surface area contributed by atoms with E-state index in [-0.39, 0.29) is 17.3 Å². The molecular formula is C14H17NO2. The first-order valence-corrected chi connectivity index (χ1v) is 6.37. The SMILES string of the molecule is O=C(c1cccnc1)C1CCOC2(CCC2)C1. The molecule has 0 amide bonds. The van der Waals surface area contributed by atoms with Gasteiger partial charge >= 0.3 is 0 Å². The minimum absolute atomic E-state index is 0.0424. The highest BCUT2D eigenvalue weighted by Gasteiger charge is 2.44. The fraction of sp³-hybridized carbons (Fsp3) is 0.571. The number of nitrogens with zero attached hydrogens (tertiary/aromatic N) is 1. The molecule has 90 valence electrons. The smallest absolute Gasteiger partial charge is 0.167 e. The number of hydrogen-bond acceptors (Lipinski definition) is 3. The van der Waals surface area contributed by atoms with Crippen molar-refractivity contribution in [2.24, 2.45) is 5.92 Å². The number of ether oxygens (including phenoxy) is 1. The van der Waals surface area contributed by atoms with E-state index in [0.29, 0.717) is 0 Å². The first kappa shape index (κ1) is 10.9. The van der Waals surface area contributed by atoms with E-state index in [4.69, 9.17) is 4.74 Å². The molecule has 1 saturated carbocycles. The Kier molecular flexibility index (Phi) is 2.71. The van der Waals surface area contributed by atoms with Crippen molar-refractivity contribution < 1.29 is 9.53 Å². The molecule has 3 nitrogen and oxygen atoms in total. The number of carbonyl (C=O) groups is 1. The summed E-state index contributed by atoms with van der Waals surface area (Å²) in [6.07, 6.45) is 8.64. The van der Waals surface area contributed by atoms with Crippen LogP contribution in [0.2, 0.25) is 0 Å². The minimum Gasteiger partial charge on any atom is -0.375 e. The largest absolute Gasteiger partial charge is 0.375 e. The molecule has 1 aliphatic heterocycles. The van der Waals surface area contributed by atoms with Crippen LogP contribution in [0.25, 0.3) is 0 Å². The summed E-state index contributed by atoms with van der Waals surface area (Å²) in [6.45, 7) is 0.733. The zero-order chi connectivity index (χ0) is 11.7. The van der Waals surface area contributed by atoms with E-state index in [1.165, 1.54) is 6.42 Å². The van der Waals surface area contributed by atoms with Crippen LogP contribution in [-0.2, 0) is 4.74 Å². The van der Waals surface area contributed by atoms with Crippen LogP contribution in [0.1, 0.15) is 42.5 Å². The van der Waals surface area contributed by atoms with Gasteiger partial charge in [0.05, 0.1) is 5.60 Å². The van der Waals surface area contributed by atoms with Gasteiger partial charge in [0.25, 0.3) is 0 Å². The van der Waals surface area contributed by atoms with Crippen molar-refractivity contribution in [1.82, 2.24) is 4.98 Å². The average molecular weight is 231 g/mol. The van der Waals surface area contributed by atoms with Crippen LogP contribution in [0.4, 0.5) is 0 Å². The second kappa shape index (κ2) is 4.22. The number of Topliss-reactive ketones (excluding diaryl/α,β-unsaturated/α-hetero) is 1. The van der Waals surface area contributed by atoms with Crippen LogP contribution in [0.5, 0.6) is 0 Å². The predicted molar refractivity (Wildman–Crippen MR) is 63.8 cm³/mol. The molecule has 1 aromatic rings. The summed E-state index contributed by atoms with van der Waals surface area (Å²) in [4.78, 5) is 16.4. The van der Waals surface area contributed by atoms with Gasteiger partial charge in [0.2, 0.25) is 0 Å². The van der Waals surface area contributed by atoms with Crippen LogP contribution in [-0.4, -0.2) is 23.0 Å². The Morgan fingerprint density at radius 1 is 1.47 bits per heavy atom. The summed E-state index contributed by atoms with van der Waals surface area (Å²) in [7, 11) is 0. The number of pyridine rings is 1. The summed E-state index contributed by atoms with van der Waals surface area (Å²) in [6, 6.07) is 3.68. The third-order valence-electron chi connectivity index (χ3n) is 4.07. The first-order chi connectivity index (χ1) is 8.29. The lowest BCUT2D eigenvalue weighted by Gasteiger charge is -2.46. The Labute approximate surface area is 101 Å². The third-order valence-corrected chi connectivity index (χ3v) is 4.07. The molecule has 0 aromatic carbocycles. The van der Waals surface area contributed by atoms with Gasteiger partial charge < -0.3 is 4.74 Å². The average Bonchev–Trinajstić information content (AvgIpc) is 2.37. The minimum atomic E-state index is 0.0424. The Morgan fingerprint density at radius 2 is 2.35 bits per heavy atom. The second-order valence-electron chi connectivity index (χ2n) is 5.18. The first-order valence-electron chi connectivity index (χ1n) is 6.37. The van der Waals surface area contributed by atoms with Gasteiger partial charge in [0.15, 0.2) is 5.78 Å². The zero-order valence-corrected chi connectivity index (χ0v) is 9.89. The molecule has 0 N–H and O–H groups in total. The Hall–Kier alpha value is -1.22. The van der Waals surface area contributed by atoms with Gasteiger partial charge in [-0.2, -0.15) is 0 Å². The van der Waals surface area contributed by atoms with E-state index >= 15 is 0 Å². The van der Waals surface area contributed by atoms with E-state index < -0.39 is 0 Å². The molecule has 2 fully saturated rings. The van der Waals surface area contributed by atoms with Gasteiger partial charge in [-0.15, -0.1) is 0 Å². The molecule has 0 radical (unpaired) electrons. The Balaban J connectivity index is 1.74. The van der Waals surface area contributed by atoms with Gasteiger partial charge in [-0.05, 0) is 44.2 Å². The summed E-state index contributed by atoms with van der Waals surface area (Å²) >= 11 is 0. The molecule has 17 heavy (non-hydrogen) atoms. The van der Waals surface area contributed by atoms with Gasteiger partial charge in [-0.3, -0.25) is 9.78 Å². The fourth-order valence-electron chi connectivity index (χ4n) is 2.92. The molecule has 3 rings (SSSR count). The molecule has 2 heterocycles. The van der Waals surface area contributed by atoms with E-state index in [0.717, 1.165) is 37.9 Å². The standard InChI is InChI=1S/C14H17NO2/c16-13(12-3-1-7-15-10-12)11-4-8-17-14(9-11)5-2-6-14/h1,3,7,10-11H,2,4-6,8-9H2. The van der Waals surface area contributed by atoms with Crippen LogP contribution >= 0.6 is 0 Å². The van der Waals surface area contributed by atoms with Crippen LogP contribution in [0.3, 0.4) is 0 Å². The second-order valence-corrected chi connectivity index (χ2v) is 5.18. The van der Waals surface area contributed by atoms with Crippen LogP contribution in [0.15, 0.2) is 24.5 Å². The van der Waals surface area contributed by atoms with Crippen LogP contribution in [0, 0.1) is 5.92 Å². The van der Waals surface area contributed by atoms with E-state index in [1.54, 1.807) is 12.4 Å². The molecule has 1 atom stereocenters. The molecule has 3 heteroatoms. The van der Waals surface area contributed by atoms with Crippen molar-refractivity contribution >= 4 is 5.78 Å². The van der Waals surface area contributed by atoms with Crippen molar-refractivity contribution in [3.8, 4) is 0 Å². The third kappa shape index (κ3) is 2.00. The maximum atomic E-state index is 12.3. The summed E-state index contributed by atoms with van der Waals surface area (Å²) < 4.78 is 5.85. The highest BCUT2D eigenvalue weighted by atomic mass is 16.5. The summed E-state index contributed by atoms with van der Waals surface area (Å²) in [5, 5.41) is 0. The number of aromatic nitrogens is 1.